The molecule has 0 saturated heterocycles. The monoisotopic (exact) mass is 547 g/mol. The van der Waals surface area contributed by atoms with Gasteiger partial charge in [0.25, 0.3) is 0 Å². The molecule has 1 aliphatic carbocycles. The Morgan fingerprint density at radius 2 is 1.72 bits per heavy atom. The molecule has 2 N–H and O–H groups in total. The highest BCUT2D eigenvalue weighted by molar-refractivity contribution is 6.31. The third-order valence-electron chi connectivity index (χ3n) is 7.34. The zero-order valence-corrected chi connectivity index (χ0v) is 23.2. The first kappa shape index (κ1) is 27.2. The molecule has 1 saturated carbocycles. The van der Waals surface area contributed by atoms with Crippen LogP contribution in [0.15, 0.2) is 66.7 Å². The largest absolute Gasteiger partial charge is 0.488 e. The maximum absolute atomic E-state index is 14.1. The maximum Gasteiger partial charge on any atom is 0.225 e. The quantitative estimate of drug-likeness (QED) is 0.227. The average molecular weight is 548 g/mol. The molecule has 3 aromatic carbocycles. The SMILES string of the molecule is CN(C)c1nc(NC2CCC(CNCc3ccccc3OCc3c(F)cccc3Cl)CC2)nc2ccccc12. The van der Waals surface area contributed by atoms with Crippen LogP contribution in [0.5, 0.6) is 5.75 Å². The van der Waals surface area contributed by atoms with Crippen LogP contribution in [0.25, 0.3) is 10.9 Å². The summed E-state index contributed by atoms with van der Waals surface area (Å²) in [6.07, 6.45) is 4.46. The summed E-state index contributed by atoms with van der Waals surface area (Å²) < 4.78 is 20.1. The highest BCUT2D eigenvalue weighted by atomic mass is 35.5. The highest BCUT2D eigenvalue weighted by Gasteiger charge is 2.22. The zero-order valence-electron chi connectivity index (χ0n) is 22.5. The van der Waals surface area contributed by atoms with Crippen molar-refractivity contribution in [2.45, 2.75) is 44.9 Å². The normalized spacial score (nSPS) is 17.2. The van der Waals surface area contributed by atoms with E-state index in [4.69, 9.17) is 26.3 Å². The number of nitrogens with zero attached hydrogens (tertiary/aromatic N) is 3. The lowest BCUT2D eigenvalue weighted by Gasteiger charge is -2.29. The molecule has 6 nitrogen and oxygen atoms in total. The number of anilines is 2. The van der Waals surface area contributed by atoms with E-state index in [2.05, 4.69) is 16.7 Å². The van der Waals surface area contributed by atoms with Gasteiger partial charge in [-0.25, -0.2) is 9.37 Å². The molecular formula is C31H35ClFN5O. The van der Waals surface area contributed by atoms with Crippen LogP contribution in [-0.2, 0) is 13.2 Å². The van der Waals surface area contributed by atoms with Gasteiger partial charge < -0.3 is 20.3 Å². The van der Waals surface area contributed by atoms with Gasteiger partial charge in [0.2, 0.25) is 5.95 Å². The van der Waals surface area contributed by atoms with Crippen molar-refractivity contribution in [3.8, 4) is 5.75 Å². The summed E-state index contributed by atoms with van der Waals surface area (Å²) >= 11 is 6.16. The van der Waals surface area contributed by atoms with Crippen molar-refractivity contribution in [3.05, 3.63) is 88.7 Å². The van der Waals surface area contributed by atoms with E-state index in [1.807, 2.05) is 61.5 Å². The lowest BCUT2D eigenvalue weighted by Crippen LogP contribution is -2.31. The van der Waals surface area contributed by atoms with Gasteiger partial charge in [-0.3, -0.25) is 0 Å². The molecule has 1 aromatic heterocycles. The van der Waals surface area contributed by atoms with Crippen LogP contribution < -0.4 is 20.3 Å². The summed E-state index contributed by atoms with van der Waals surface area (Å²) in [6.45, 7) is 1.73. The standard InChI is InChI=1S/C31H35ClFN5O/c1-38(2)30-24-9-4-5-12-28(24)36-31(37-30)35-23-16-14-21(15-17-23)18-34-19-22-8-3-6-13-29(22)39-20-25-26(32)10-7-11-27(25)33/h3-13,21,23,34H,14-20H2,1-2H3,(H,35,36,37). The lowest BCUT2D eigenvalue weighted by atomic mass is 9.86. The Morgan fingerprint density at radius 1 is 0.949 bits per heavy atom. The molecule has 0 atom stereocenters. The minimum atomic E-state index is -0.353. The van der Waals surface area contributed by atoms with E-state index in [1.54, 1.807) is 12.1 Å². The predicted molar refractivity (Wildman–Crippen MR) is 157 cm³/mol. The summed E-state index contributed by atoms with van der Waals surface area (Å²) in [4.78, 5) is 11.6. The van der Waals surface area contributed by atoms with Gasteiger partial charge >= 0.3 is 0 Å². The Balaban J connectivity index is 1.11. The Hall–Kier alpha value is -3.42. The second-order valence-corrected chi connectivity index (χ2v) is 10.8. The first-order valence-electron chi connectivity index (χ1n) is 13.5. The van der Waals surface area contributed by atoms with E-state index in [-0.39, 0.29) is 12.4 Å². The molecule has 0 amide bonds. The van der Waals surface area contributed by atoms with E-state index in [9.17, 15) is 4.39 Å². The second kappa shape index (κ2) is 12.6. The number of fused-ring (bicyclic) bond motifs is 1. The van der Waals surface area contributed by atoms with Crippen LogP contribution >= 0.6 is 11.6 Å². The van der Waals surface area contributed by atoms with E-state index < -0.39 is 0 Å². The number of para-hydroxylation sites is 2. The molecule has 0 aliphatic heterocycles. The molecule has 4 aromatic rings. The van der Waals surface area contributed by atoms with Crippen molar-refractivity contribution in [1.82, 2.24) is 15.3 Å². The molecule has 0 unspecified atom stereocenters. The van der Waals surface area contributed by atoms with E-state index in [1.165, 1.54) is 6.07 Å². The molecule has 0 bridgehead atoms. The first-order valence-corrected chi connectivity index (χ1v) is 13.9. The zero-order chi connectivity index (χ0) is 27.2. The molecule has 5 rings (SSSR count). The molecule has 8 heteroatoms. The molecule has 39 heavy (non-hydrogen) atoms. The van der Waals surface area contributed by atoms with Gasteiger partial charge in [0, 0.05) is 43.2 Å². The maximum atomic E-state index is 14.1. The third-order valence-corrected chi connectivity index (χ3v) is 7.70. The van der Waals surface area contributed by atoms with Crippen LogP contribution in [0.3, 0.4) is 0 Å². The highest BCUT2D eigenvalue weighted by Crippen LogP contribution is 2.29. The van der Waals surface area contributed by atoms with E-state index in [0.29, 0.717) is 35.0 Å². The van der Waals surface area contributed by atoms with Gasteiger partial charge in [0.05, 0.1) is 10.5 Å². The van der Waals surface area contributed by atoms with Crippen LogP contribution in [0.4, 0.5) is 16.2 Å². The average Bonchev–Trinajstić information content (AvgIpc) is 2.94. The van der Waals surface area contributed by atoms with Crippen molar-refractivity contribution in [2.75, 3.05) is 30.9 Å². The minimum Gasteiger partial charge on any atom is -0.488 e. The fourth-order valence-electron chi connectivity index (χ4n) is 5.18. The van der Waals surface area contributed by atoms with Gasteiger partial charge in [-0.05, 0) is 68.5 Å². The number of hydrogen-bond donors (Lipinski definition) is 2. The number of nitrogens with one attached hydrogen (secondary N) is 2. The summed E-state index contributed by atoms with van der Waals surface area (Å²) in [5, 5.41) is 8.64. The van der Waals surface area contributed by atoms with Crippen LogP contribution in [0.1, 0.15) is 36.8 Å². The van der Waals surface area contributed by atoms with Crippen molar-refractivity contribution < 1.29 is 9.13 Å². The number of aromatic nitrogens is 2. The molecule has 204 valence electrons. The lowest BCUT2D eigenvalue weighted by molar-refractivity contribution is 0.294. The molecular weight excluding hydrogens is 513 g/mol. The van der Waals surface area contributed by atoms with Crippen LogP contribution in [0.2, 0.25) is 5.02 Å². The van der Waals surface area contributed by atoms with Gasteiger partial charge in [-0.2, -0.15) is 4.98 Å². The molecule has 0 radical (unpaired) electrons. The second-order valence-electron chi connectivity index (χ2n) is 10.4. The van der Waals surface area contributed by atoms with E-state index >= 15 is 0 Å². The number of rotatable bonds is 10. The Labute approximate surface area is 234 Å². The Bertz CT molecular complexity index is 1390. The number of benzene rings is 3. The van der Waals surface area contributed by atoms with Crippen LogP contribution in [-0.4, -0.2) is 36.6 Å². The fraction of sp³-hybridized carbons (Fsp3) is 0.355. The van der Waals surface area contributed by atoms with Crippen molar-refractivity contribution in [3.63, 3.8) is 0 Å². The van der Waals surface area contributed by atoms with Gasteiger partial charge in [-0.1, -0.05) is 48.0 Å². The smallest absolute Gasteiger partial charge is 0.225 e. The minimum absolute atomic E-state index is 0.0937. The van der Waals surface area contributed by atoms with Crippen molar-refractivity contribution >= 4 is 34.3 Å². The van der Waals surface area contributed by atoms with Gasteiger partial charge in [-0.15, -0.1) is 0 Å². The molecule has 1 fully saturated rings. The number of halogens is 2. The summed E-state index contributed by atoms with van der Waals surface area (Å²) in [5.41, 5.74) is 2.38. The Morgan fingerprint density at radius 3 is 2.51 bits per heavy atom. The third kappa shape index (κ3) is 6.78. The number of ether oxygens (including phenoxy) is 1. The first-order chi connectivity index (χ1) is 19.0. The summed E-state index contributed by atoms with van der Waals surface area (Å²) in [5.74, 6) is 2.64. The van der Waals surface area contributed by atoms with Crippen molar-refractivity contribution in [2.24, 2.45) is 5.92 Å². The van der Waals surface area contributed by atoms with E-state index in [0.717, 1.165) is 60.3 Å². The molecule has 0 spiro atoms. The number of hydrogen-bond acceptors (Lipinski definition) is 6. The summed E-state index contributed by atoms with van der Waals surface area (Å²) in [7, 11) is 4.03. The topological polar surface area (TPSA) is 62.3 Å². The molecule has 1 aliphatic rings. The van der Waals surface area contributed by atoms with Crippen molar-refractivity contribution in [1.29, 1.82) is 0 Å². The van der Waals surface area contributed by atoms with Gasteiger partial charge in [0.15, 0.2) is 0 Å². The Kier molecular flexibility index (Phi) is 8.79. The molecule has 1 heterocycles. The summed E-state index contributed by atoms with van der Waals surface area (Å²) in [6, 6.07) is 21.1. The van der Waals surface area contributed by atoms with Crippen LogP contribution in [0, 0.1) is 11.7 Å². The predicted octanol–water partition coefficient (Wildman–Crippen LogP) is 6.83. The fourth-order valence-corrected chi connectivity index (χ4v) is 5.40. The van der Waals surface area contributed by atoms with Gasteiger partial charge in [0.1, 0.15) is 24.0 Å².